The van der Waals surface area contributed by atoms with Crippen LogP contribution < -0.4 is 16.2 Å². The highest BCUT2D eigenvalue weighted by atomic mass is 79.9. The molecule has 1 rings (SSSR count). The largest absolute Gasteiger partial charge is 0.381 e. The van der Waals surface area contributed by atoms with Gasteiger partial charge in [-0.05, 0) is 15.9 Å². The Morgan fingerprint density at radius 1 is 1.42 bits per heavy atom. The van der Waals surface area contributed by atoms with Crippen LogP contribution in [0.15, 0.2) is 15.5 Å². The molecule has 1 heterocycles. The van der Waals surface area contributed by atoms with Gasteiger partial charge < -0.3 is 10.6 Å². The Kier molecular flexibility index (Phi) is 5.11. The quantitative estimate of drug-likeness (QED) is 0.811. The van der Waals surface area contributed by atoms with E-state index in [2.05, 4.69) is 31.7 Å². The number of hydrogen-bond donors (Lipinski definition) is 2. The molecule has 0 saturated heterocycles. The van der Waals surface area contributed by atoms with E-state index in [0.29, 0.717) is 23.2 Å². The Hall–Kier alpha value is -1.37. The van der Waals surface area contributed by atoms with Crippen molar-refractivity contribution in [2.24, 2.45) is 12.5 Å². The predicted octanol–water partition coefficient (Wildman–Crippen LogP) is 1.12. The SMILES string of the molecule is Cn1ncc(NCCNC(=O)C(C)(C)C)c(Br)c1=O. The summed E-state index contributed by atoms with van der Waals surface area (Å²) in [4.78, 5) is 23.2. The Bertz CT molecular complexity index is 519. The summed E-state index contributed by atoms with van der Waals surface area (Å²) >= 11 is 3.22. The van der Waals surface area contributed by atoms with E-state index in [9.17, 15) is 9.59 Å². The van der Waals surface area contributed by atoms with Crippen LogP contribution in [-0.2, 0) is 11.8 Å². The lowest BCUT2D eigenvalue weighted by Gasteiger charge is -2.18. The lowest BCUT2D eigenvalue weighted by Crippen LogP contribution is -2.37. The van der Waals surface area contributed by atoms with Gasteiger partial charge in [-0.3, -0.25) is 9.59 Å². The van der Waals surface area contributed by atoms with Crippen molar-refractivity contribution in [3.05, 3.63) is 21.0 Å². The lowest BCUT2D eigenvalue weighted by atomic mass is 9.96. The molecule has 0 aromatic carbocycles. The first-order chi connectivity index (χ1) is 8.73. The van der Waals surface area contributed by atoms with Gasteiger partial charge in [0.15, 0.2) is 0 Å². The number of halogens is 1. The van der Waals surface area contributed by atoms with Crippen molar-refractivity contribution in [2.45, 2.75) is 20.8 Å². The fourth-order valence-corrected chi connectivity index (χ4v) is 1.77. The first-order valence-electron chi connectivity index (χ1n) is 5.97. The van der Waals surface area contributed by atoms with E-state index in [1.807, 2.05) is 20.8 Å². The van der Waals surface area contributed by atoms with Crippen molar-refractivity contribution >= 4 is 27.5 Å². The number of aryl methyl sites for hydroxylation is 1. The monoisotopic (exact) mass is 330 g/mol. The molecular weight excluding hydrogens is 312 g/mol. The normalized spacial score (nSPS) is 11.2. The van der Waals surface area contributed by atoms with Crippen LogP contribution >= 0.6 is 15.9 Å². The number of amides is 1. The standard InChI is InChI=1S/C12H19BrN4O2/c1-12(2,3)11(19)15-6-5-14-8-7-16-17(4)10(18)9(8)13/h7,14H,5-6H2,1-4H3,(H,15,19). The van der Waals surface area contributed by atoms with Crippen LogP contribution in [0.4, 0.5) is 5.69 Å². The molecule has 0 aliphatic heterocycles. The minimum Gasteiger partial charge on any atom is -0.381 e. The second-order valence-corrected chi connectivity index (χ2v) is 6.03. The third-order valence-electron chi connectivity index (χ3n) is 2.49. The van der Waals surface area contributed by atoms with Crippen LogP contribution in [-0.4, -0.2) is 28.8 Å². The van der Waals surface area contributed by atoms with Crippen molar-refractivity contribution in [2.75, 3.05) is 18.4 Å². The zero-order chi connectivity index (χ0) is 14.6. The summed E-state index contributed by atoms with van der Waals surface area (Å²) in [6, 6.07) is 0. The van der Waals surface area contributed by atoms with E-state index in [0.717, 1.165) is 0 Å². The highest BCUT2D eigenvalue weighted by Gasteiger charge is 2.20. The van der Waals surface area contributed by atoms with Gasteiger partial charge in [-0.15, -0.1) is 0 Å². The number of aromatic nitrogens is 2. The van der Waals surface area contributed by atoms with Crippen LogP contribution in [0, 0.1) is 5.41 Å². The average molecular weight is 331 g/mol. The zero-order valence-corrected chi connectivity index (χ0v) is 13.2. The maximum Gasteiger partial charge on any atom is 0.282 e. The van der Waals surface area contributed by atoms with Gasteiger partial charge in [0.2, 0.25) is 5.91 Å². The number of carbonyl (C=O) groups excluding carboxylic acids is 1. The summed E-state index contributed by atoms with van der Waals surface area (Å²) in [5.41, 5.74) is 0.0157. The number of hydrogen-bond acceptors (Lipinski definition) is 4. The second-order valence-electron chi connectivity index (χ2n) is 5.23. The van der Waals surface area contributed by atoms with E-state index in [1.54, 1.807) is 13.2 Å². The third-order valence-corrected chi connectivity index (χ3v) is 3.25. The number of carbonyl (C=O) groups is 1. The molecule has 0 unspecified atom stereocenters. The van der Waals surface area contributed by atoms with Crippen molar-refractivity contribution in [3.63, 3.8) is 0 Å². The van der Waals surface area contributed by atoms with Crippen LogP contribution in [0.5, 0.6) is 0 Å². The first-order valence-corrected chi connectivity index (χ1v) is 6.77. The number of anilines is 1. The molecule has 7 heteroatoms. The smallest absolute Gasteiger partial charge is 0.282 e. The highest BCUT2D eigenvalue weighted by molar-refractivity contribution is 9.10. The molecule has 2 N–H and O–H groups in total. The van der Waals surface area contributed by atoms with Gasteiger partial charge in [-0.25, -0.2) is 4.68 Å². The van der Waals surface area contributed by atoms with Crippen LogP contribution in [0.2, 0.25) is 0 Å². The molecule has 106 valence electrons. The summed E-state index contributed by atoms with van der Waals surface area (Å²) in [6.07, 6.45) is 1.57. The second kappa shape index (κ2) is 6.18. The van der Waals surface area contributed by atoms with Crippen molar-refractivity contribution < 1.29 is 4.79 Å². The molecule has 1 aromatic heterocycles. The predicted molar refractivity (Wildman–Crippen MR) is 78.1 cm³/mol. The summed E-state index contributed by atoms with van der Waals surface area (Å²) in [5, 5.41) is 9.79. The minimum atomic E-state index is -0.398. The summed E-state index contributed by atoms with van der Waals surface area (Å²) in [5.74, 6) is -0.00420. The van der Waals surface area contributed by atoms with Gasteiger partial charge in [-0.1, -0.05) is 20.8 Å². The van der Waals surface area contributed by atoms with Crippen molar-refractivity contribution in [1.29, 1.82) is 0 Å². The molecule has 0 saturated carbocycles. The lowest BCUT2D eigenvalue weighted by molar-refractivity contribution is -0.128. The molecule has 1 amide bonds. The molecule has 0 fully saturated rings. The number of rotatable bonds is 4. The molecule has 0 atom stereocenters. The zero-order valence-electron chi connectivity index (χ0n) is 11.6. The Balaban J connectivity index is 2.49. The van der Waals surface area contributed by atoms with Gasteiger partial charge >= 0.3 is 0 Å². The number of nitrogens with zero attached hydrogens (tertiary/aromatic N) is 2. The molecule has 1 aromatic rings. The van der Waals surface area contributed by atoms with Gasteiger partial charge in [0.1, 0.15) is 4.47 Å². The summed E-state index contributed by atoms with van der Waals surface area (Å²) in [6.45, 7) is 6.58. The molecule has 6 nitrogen and oxygen atoms in total. The van der Waals surface area contributed by atoms with E-state index < -0.39 is 5.41 Å². The van der Waals surface area contributed by atoms with E-state index in [-0.39, 0.29) is 11.5 Å². The van der Waals surface area contributed by atoms with Gasteiger partial charge in [0.05, 0.1) is 11.9 Å². The Morgan fingerprint density at radius 2 is 2.05 bits per heavy atom. The minimum absolute atomic E-state index is 0.00420. The highest BCUT2D eigenvalue weighted by Crippen LogP contribution is 2.15. The van der Waals surface area contributed by atoms with Crippen LogP contribution in [0.1, 0.15) is 20.8 Å². The van der Waals surface area contributed by atoms with E-state index in [1.165, 1.54) is 4.68 Å². The Labute approximate surface area is 120 Å². The third kappa shape index (κ3) is 4.34. The molecule has 0 bridgehead atoms. The summed E-state index contributed by atoms with van der Waals surface area (Å²) < 4.78 is 1.68. The van der Waals surface area contributed by atoms with Gasteiger partial charge in [0.25, 0.3) is 5.56 Å². The maximum atomic E-state index is 11.6. The van der Waals surface area contributed by atoms with Crippen molar-refractivity contribution in [1.82, 2.24) is 15.1 Å². The maximum absolute atomic E-state index is 11.6. The molecule has 0 radical (unpaired) electrons. The summed E-state index contributed by atoms with van der Waals surface area (Å²) in [7, 11) is 1.58. The topological polar surface area (TPSA) is 76.0 Å². The van der Waals surface area contributed by atoms with E-state index in [4.69, 9.17) is 0 Å². The Morgan fingerprint density at radius 3 is 2.63 bits per heavy atom. The fraction of sp³-hybridized carbons (Fsp3) is 0.583. The van der Waals surface area contributed by atoms with Gasteiger partial charge in [0, 0.05) is 25.6 Å². The number of nitrogens with one attached hydrogen (secondary N) is 2. The van der Waals surface area contributed by atoms with E-state index >= 15 is 0 Å². The van der Waals surface area contributed by atoms with Crippen LogP contribution in [0.25, 0.3) is 0 Å². The molecule has 19 heavy (non-hydrogen) atoms. The fourth-order valence-electron chi connectivity index (χ4n) is 1.27. The molecule has 0 spiro atoms. The average Bonchev–Trinajstić information content (AvgIpc) is 2.32. The molecule has 0 aliphatic carbocycles. The first kappa shape index (κ1) is 15.7. The van der Waals surface area contributed by atoms with Crippen LogP contribution in [0.3, 0.4) is 0 Å². The molecular formula is C12H19BrN4O2. The molecule has 0 aliphatic rings. The van der Waals surface area contributed by atoms with Crippen molar-refractivity contribution in [3.8, 4) is 0 Å². The van der Waals surface area contributed by atoms with Gasteiger partial charge in [-0.2, -0.15) is 5.10 Å².